The summed E-state index contributed by atoms with van der Waals surface area (Å²) in [5, 5.41) is 5.75. The Balaban J connectivity index is 1.91. The van der Waals surface area contributed by atoms with E-state index in [2.05, 4.69) is 10.2 Å². The number of halogens is 1. The van der Waals surface area contributed by atoms with Crippen LogP contribution in [-0.2, 0) is 12.8 Å². The molecule has 1 aliphatic heterocycles. The lowest BCUT2D eigenvalue weighted by molar-refractivity contribution is 0.592. The van der Waals surface area contributed by atoms with E-state index in [4.69, 9.17) is 11.6 Å². The summed E-state index contributed by atoms with van der Waals surface area (Å²) >= 11 is 8.37. The van der Waals surface area contributed by atoms with Crippen molar-refractivity contribution in [1.29, 1.82) is 0 Å². The van der Waals surface area contributed by atoms with Crippen molar-refractivity contribution in [1.82, 2.24) is 5.32 Å². The van der Waals surface area contributed by atoms with E-state index in [0.717, 1.165) is 31.2 Å². The number of piperazine rings is 1. The largest absolute Gasteiger partial charge is 0.360 e. The minimum Gasteiger partial charge on any atom is -0.360 e. The topological polar surface area (TPSA) is 15.3 Å². The predicted molar refractivity (Wildman–Crippen MR) is 66.4 cm³/mol. The van der Waals surface area contributed by atoms with Crippen molar-refractivity contribution < 1.29 is 0 Å². The van der Waals surface area contributed by atoms with E-state index < -0.39 is 0 Å². The summed E-state index contributed by atoms with van der Waals surface area (Å²) in [6.45, 7) is 4.36. The number of fused-ring (bicyclic) bond motifs is 1. The summed E-state index contributed by atoms with van der Waals surface area (Å²) in [6.07, 6.45) is 3.73. The molecule has 2 aliphatic rings. The SMILES string of the molecule is Clc1c(N2CCNCC2)sc2c1CCC2. The fourth-order valence-electron chi connectivity index (χ4n) is 2.42. The van der Waals surface area contributed by atoms with Crippen molar-refractivity contribution in [3.63, 3.8) is 0 Å². The number of hydrogen-bond donors (Lipinski definition) is 1. The van der Waals surface area contributed by atoms with Gasteiger partial charge in [0.2, 0.25) is 0 Å². The van der Waals surface area contributed by atoms with Gasteiger partial charge in [-0.25, -0.2) is 0 Å². The van der Waals surface area contributed by atoms with Crippen LogP contribution in [0.3, 0.4) is 0 Å². The third-order valence-corrected chi connectivity index (χ3v) is 5.12. The third kappa shape index (κ3) is 1.67. The number of anilines is 1. The van der Waals surface area contributed by atoms with Crippen molar-refractivity contribution in [2.24, 2.45) is 0 Å². The van der Waals surface area contributed by atoms with Gasteiger partial charge >= 0.3 is 0 Å². The Morgan fingerprint density at radius 1 is 1.20 bits per heavy atom. The van der Waals surface area contributed by atoms with Crippen LogP contribution in [0.15, 0.2) is 0 Å². The maximum atomic E-state index is 6.45. The highest BCUT2D eigenvalue weighted by Gasteiger charge is 2.24. The lowest BCUT2D eigenvalue weighted by Crippen LogP contribution is -2.43. The van der Waals surface area contributed by atoms with Crippen LogP contribution in [0.1, 0.15) is 16.9 Å². The summed E-state index contributed by atoms with van der Waals surface area (Å²) < 4.78 is 0. The van der Waals surface area contributed by atoms with Gasteiger partial charge in [0.1, 0.15) is 5.00 Å². The smallest absolute Gasteiger partial charge is 0.110 e. The maximum Gasteiger partial charge on any atom is 0.110 e. The molecule has 0 unspecified atom stereocenters. The monoisotopic (exact) mass is 242 g/mol. The molecule has 4 heteroatoms. The highest BCUT2D eigenvalue weighted by Crippen LogP contribution is 2.44. The summed E-state index contributed by atoms with van der Waals surface area (Å²) in [5.41, 5.74) is 1.44. The van der Waals surface area contributed by atoms with Crippen molar-refractivity contribution in [2.75, 3.05) is 31.1 Å². The fourth-order valence-corrected chi connectivity index (χ4v) is 4.25. The quantitative estimate of drug-likeness (QED) is 0.813. The molecule has 0 saturated carbocycles. The lowest BCUT2D eigenvalue weighted by atomic mass is 10.2. The molecule has 3 rings (SSSR count). The normalized spacial score (nSPS) is 20.7. The second-order valence-corrected chi connectivity index (χ2v) is 5.68. The van der Waals surface area contributed by atoms with E-state index in [-0.39, 0.29) is 0 Å². The standard InChI is InChI=1S/C11H15ClN2S/c12-10-8-2-1-3-9(8)15-11(10)14-6-4-13-5-7-14/h13H,1-7H2. The Labute approximate surface area is 99.2 Å². The minimum absolute atomic E-state index is 1.05. The average molecular weight is 243 g/mol. The number of nitrogens with zero attached hydrogens (tertiary/aromatic N) is 1. The molecule has 1 N–H and O–H groups in total. The Bertz CT molecular complexity index is 369. The van der Waals surface area contributed by atoms with E-state index in [1.54, 1.807) is 0 Å². The Kier molecular flexibility index (Phi) is 2.63. The molecule has 1 aromatic rings. The van der Waals surface area contributed by atoms with Crippen LogP contribution in [0.4, 0.5) is 5.00 Å². The number of aryl methyl sites for hydroxylation is 1. The van der Waals surface area contributed by atoms with E-state index in [9.17, 15) is 0 Å². The molecule has 1 aliphatic carbocycles. The zero-order valence-corrected chi connectivity index (χ0v) is 10.3. The first-order chi connectivity index (χ1) is 7.36. The van der Waals surface area contributed by atoms with Gasteiger partial charge in [0.15, 0.2) is 0 Å². The molecule has 1 fully saturated rings. The van der Waals surface area contributed by atoms with Crippen LogP contribution in [-0.4, -0.2) is 26.2 Å². The van der Waals surface area contributed by atoms with Crippen molar-refractivity contribution >= 4 is 27.9 Å². The second kappa shape index (κ2) is 3.96. The molecule has 1 saturated heterocycles. The summed E-state index contributed by atoms with van der Waals surface area (Å²) in [4.78, 5) is 3.97. The van der Waals surface area contributed by atoms with E-state index in [1.807, 2.05) is 11.3 Å². The van der Waals surface area contributed by atoms with Crippen LogP contribution in [0.2, 0.25) is 5.02 Å². The Hall–Kier alpha value is -0.250. The molecule has 0 bridgehead atoms. The molecule has 82 valence electrons. The zero-order valence-electron chi connectivity index (χ0n) is 8.68. The van der Waals surface area contributed by atoms with Crippen LogP contribution >= 0.6 is 22.9 Å². The highest BCUT2D eigenvalue weighted by molar-refractivity contribution is 7.17. The number of nitrogens with one attached hydrogen (secondary N) is 1. The van der Waals surface area contributed by atoms with Gasteiger partial charge in [-0.2, -0.15) is 0 Å². The van der Waals surface area contributed by atoms with Gasteiger partial charge < -0.3 is 10.2 Å². The first kappa shape index (κ1) is 9.94. The summed E-state index contributed by atoms with van der Waals surface area (Å²) in [6, 6.07) is 0. The molecule has 0 radical (unpaired) electrons. The predicted octanol–water partition coefficient (Wildman–Crippen LogP) is 2.30. The molecule has 0 spiro atoms. The first-order valence-corrected chi connectivity index (χ1v) is 6.81. The molecular weight excluding hydrogens is 228 g/mol. The third-order valence-electron chi connectivity index (χ3n) is 3.24. The van der Waals surface area contributed by atoms with Gasteiger partial charge in [0.25, 0.3) is 0 Å². The van der Waals surface area contributed by atoms with Crippen LogP contribution in [0.5, 0.6) is 0 Å². The maximum absolute atomic E-state index is 6.45. The van der Waals surface area contributed by atoms with Crippen LogP contribution in [0.25, 0.3) is 0 Å². The van der Waals surface area contributed by atoms with E-state index in [1.165, 1.54) is 34.7 Å². The molecule has 2 nitrogen and oxygen atoms in total. The van der Waals surface area contributed by atoms with E-state index >= 15 is 0 Å². The molecular formula is C11H15ClN2S. The van der Waals surface area contributed by atoms with Crippen molar-refractivity contribution in [3.8, 4) is 0 Å². The van der Waals surface area contributed by atoms with Gasteiger partial charge in [-0.05, 0) is 24.8 Å². The van der Waals surface area contributed by atoms with Crippen LogP contribution < -0.4 is 10.2 Å². The number of hydrogen-bond acceptors (Lipinski definition) is 3. The zero-order chi connectivity index (χ0) is 10.3. The van der Waals surface area contributed by atoms with E-state index in [0.29, 0.717) is 0 Å². The Morgan fingerprint density at radius 3 is 2.73 bits per heavy atom. The highest BCUT2D eigenvalue weighted by atomic mass is 35.5. The van der Waals surface area contributed by atoms with Gasteiger partial charge in [-0.15, -0.1) is 11.3 Å². The van der Waals surface area contributed by atoms with Crippen molar-refractivity contribution in [2.45, 2.75) is 19.3 Å². The fraction of sp³-hybridized carbons (Fsp3) is 0.636. The molecule has 0 atom stereocenters. The van der Waals surface area contributed by atoms with Gasteiger partial charge in [-0.1, -0.05) is 11.6 Å². The number of rotatable bonds is 1. The molecule has 0 amide bonds. The molecule has 2 heterocycles. The van der Waals surface area contributed by atoms with Gasteiger partial charge in [0.05, 0.1) is 5.02 Å². The molecule has 15 heavy (non-hydrogen) atoms. The summed E-state index contributed by atoms with van der Waals surface area (Å²) in [5.74, 6) is 0. The second-order valence-electron chi connectivity index (χ2n) is 4.21. The number of thiophene rings is 1. The Morgan fingerprint density at radius 2 is 2.00 bits per heavy atom. The summed E-state index contributed by atoms with van der Waals surface area (Å²) in [7, 11) is 0. The average Bonchev–Trinajstić information content (AvgIpc) is 2.83. The minimum atomic E-state index is 1.05. The van der Waals surface area contributed by atoms with Gasteiger partial charge in [-0.3, -0.25) is 0 Å². The van der Waals surface area contributed by atoms with Gasteiger partial charge in [0, 0.05) is 31.1 Å². The lowest BCUT2D eigenvalue weighted by Gasteiger charge is -2.28. The molecule has 0 aromatic carbocycles. The van der Waals surface area contributed by atoms with Crippen molar-refractivity contribution in [3.05, 3.63) is 15.5 Å². The first-order valence-electron chi connectivity index (χ1n) is 5.62. The molecule has 1 aromatic heterocycles. The van der Waals surface area contributed by atoms with Crippen LogP contribution in [0, 0.1) is 0 Å².